The number of benzene rings is 1. The Balaban J connectivity index is 2.07. The van der Waals surface area contributed by atoms with Gasteiger partial charge >= 0.3 is 0 Å². The van der Waals surface area contributed by atoms with Crippen LogP contribution in [0.4, 0.5) is 5.69 Å². The predicted octanol–water partition coefficient (Wildman–Crippen LogP) is 3.18. The molecule has 21 heavy (non-hydrogen) atoms. The first-order valence-corrected chi connectivity index (χ1v) is 6.92. The Bertz CT molecular complexity index is 794. The molecule has 0 saturated carbocycles. The lowest BCUT2D eigenvalue weighted by Gasteiger charge is -2.22. The van der Waals surface area contributed by atoms with E-state index < -0.39 is 0 Å². The molecular formula is C16H18N4O. The van der Waals surface area contributed by atoms with Gasteiger partial charge in [0, 0.05) is 25.1 Å². The molecule has 0 amide bonds. The Morgan fingerprint density at radius 3 is 2.57 bits per heavy atom. The number of para-hydroxylation sites is 1. The monoisotopic (exact) mass is 282 g/mol. The zero-order chi connectivity index (χ0) is 15.0. The number of hydrogen-bond acceptors (Lipinski definition) is 5. The molecule has 0 atom stereocenters. The standard InChI is InChI=1S/C16H18N4O/c1-10-11(2)17-14-8-6-5-7-13(14)16(10)20(4)9-15-18-12(3)21-19-15/h5-8H,9H2,1-4H3. The fourth-order valence-electron chi connectivity index (χ4n) is 2.60. The molecule has 2 aromatic heterocycles. The minimum Gasteiger partial charge on any atom is -0.366 e. The number of nitrogens with zero attached hydrogens (tertiary/aromatic N) is 4. The average Bonchev–Trinajstić information content (AvgIpc) is 2.85. The molecule has 0 N–H and O–H groups in total. The van der Waals surface area contributed by atoms with Gasteiger partial charge in [-0.3, -0.25) is 4.98 Å². The molecule has 0 aliphatic heterocycles. The fourth-order valence-corrected chi connectivity index (χ4v) is 2.60. The zero-order valence-corrected chi connectivity index (χ0v) is 12.7. The Morgan fingerprint density at radius 1 is 1.10 bits per heavy atom. The van der Waals surface area contributed by atoms with E-state index >= 15 is 0 Å². The average molecular weight is 282 g/mol. The molecule has 0 spiro atoms. The second-order valence-corrected chi connectivity index (χ2v) is 5.27. The van der Waals surface area contributed by atoms with E-state index in [9.17, 15) is 0 Å². The maximum Gasteiger partial charge on any atom is 0.223 e. The van der Waals surface area contributed by atoms with Crippen LogP contribution in [0.3, 0.4) is 0 Å². The maximum atomic E-state index is 5.04. The molecular weight excluding hydrogens is 264 g/mol. The maximum absolute atomic E-state index is 5.04. The summed E-state index contributed by atoms with van der Waals surface area (Å²) in [4.78, 5) is 11.1. The Hall–Kier alpha value is -2.43. The van der Waals surface area contributed by atoms with E-state index in [2.05, 4.69) is 33.0 Å². The van der Waals surface area contributed by atoms with Crippen molar-refractivity contribution in [3.63, 3.8) is 0 Å². The van der Waals surface area contributed by atoms with Crippen LogP contribution in [0.15, 0.2) is 28.8 Å². The van der Waals surface area contributed by atoms with Gasteiger partial charge in [0.15, 0.2) is 5.82 Å². The van der Waals surface area contributed by atoms with E-state index in [1.54, 1.807) is 6.92 Å². The van der Waals surface area contributed by atoms with E-state index in [1.807, 2.05) is 32.2 Å². The lowest BCUT2D eigenvalue weighted by atomic mass is 10.1. The molecule has 3 aromatic rings. The summed E-state index contributed by atoms with van der Waals surface area (Å²) in [6.45, 7) is 6.54. The molecule has 0 bridgehead atoms. The summed E-state index contributed by atoms with van der Waals surface area (Å²) in [7, 11) is 2.04. The van der Waals surface area contributed by atoms with Gasteiger partial charge in [0.2, 0.25) is 5.89 Å². The van der Waals surface area contributed by atoms with E-state index in [0.29, 0.717) is 18.3 Å². The number of aromatic nitrogens is 3. The van der Waals surface area contributed by atoms with Crippen molar-refractivity contribution in [2.24, 2.45) is 0 Å². The first kappa shape index (κ1) is 13.5. The van der Waals surface area contributed by atoms with Gasteiger partial charge in [-0.05, 0) is 25.5 Å². The number of pyridine rings is 1. The third-order valence-corrected chi connectivity index (χ3v) is 3.68. The molecule has 0 saturated heterocycles. The molecule has 2 heterocycles. The van der Waals surface area contributed by atoms with E-state index in [-0.39, 0.29) is 0 Å². The van der Waals surface area contributed by atoms with Gasteiger partial charge in [-0.2, -0.15) is 4.98 Å². The van der Waals surface area contributed by atoms with Crippen molar-refractivity contribution in [2.45, 2.75) is 27.3 Å². The summed E-state index contributed by atoms with van der Waals surface area (Å²) in [5, 5.41) is 5.11. The van der Waals surface area contributed by atoms with Crippen molar-refractivity contribution in [2.75, 3.05) is 11.9 Å². The summed E-state index contributed by atoms with van der Waals surface area (Å²) >= 11 is 0. The van der Waals surface area contributed by atoms with Gasteiger partial charge in [-0.1, -0.05) is 23.4 Å². The first-order valence-electron chi connectivity index (χ1n) is 6.92. The van der Waals surface area contributed by atoms with Gasteiger partial charge in [0.05, 0.1) is 17.7 Å². The summed E-state index contributed by atoms with van der Waals surface area (Å²) in [5.41, 5.74) is 4.39. The van der Waals surface area contributed by atoms with Gasteiger partial charge in [0.1, 0.15) is 0 Å². The van der Waals surface area contributed by atoms with Crippen LogP contribution >= 0.6 is 0 Å². The van der Waals surface area contributed by atoms with Crippen LogP contribution < -0.4 is 4.90 Å². The van der Waals surface area contributed by atoms with Gasteiger partial charge in [-0.25, -0.2) is 0 Å². The highest BCUT2D eigenvalue weighted by atomic mass is 16.5. The third-order valence-electron chi connectivity index (χ3n) is 3.68. The van der Waals surface area contributed by atoms with Gasteiger partial charge in [0.25, 0.3) is 0 Å². The summed E-state index contributed by atoms with van der Waals surface area (Å²) in [5.74, 6) is 1.28. The SMILES string of the molecule is Cc1nc(CN(C)c2c(C)c(C)nc3ccccc23)no1. The summed E-state index contributed by atoms with van der Waals surface area (Å²) in [6.07, 6.45) is 0. The largest absolute Gasteiger partial charge is 0.366 e. The smallest absolute Gasteiger partial charge is 0.223 e. The van der Waals surface area contributed by atoms with Crippen molar-refractivity contribution in [3.8, 4) is 0 Å². The van der Waals surface area contributed by atoms with Crippen LogP contribution in [0.5, 0.6) is 0 Å². The molecule has 108 valence electrons. The molecule has 5 nitrogen and oxygen atoms in total. The Kier molecular flexibility index (Phi) is 3.33. The zero-order valence-electron chi connectivity index (χ0n) is 12.7. The van der Waals surface area contributed by atoms with Crippen LogP contribution in [0.25, 0.3) is 10.9 Å². The minimum absolute atomic E-state index is 0.589. The number of anilines is 1. The highest BCUT2D eigenvalue weighted by Gasteiger charge is 2.15. The highest BCUT2D eigenvalue weighted by Crippen LogP contribution is 2.31. The van der Waals surface area contributed by atoms with Crippen LogP contribution in [-0.4, -0.2) is 22.2 Å². The number of fused-ring (bicyclic) bond motifs is 1. The van der Waals surface area contributed by atoms with Crippen molar-refractivity contribution in [1.29, 1.82) is 0 Å². The van der Waals surface area contributed by atoms with E-state index in [0.717, 1.165) is 16.6 Å². The fraction of sp³-hybridized carbons (Fsp3) is 0.312. The lowest BCUT2D eigenvalue weighted by Crippen LogP contribution is -2.19. The third kappa shape index (κ3) is 2.46. The van der Waals surface area contributed by atoms with Crippen molar-refractivity contribution < 1.29 is 4.52 Å². The second-order valence-electron chi connectivity index (χ2n) is 5.27. The van der Waals surface area contributed by atoms with Crippen molar-refractivity contribution >= 4 is 16.6 Å². The molecule has 1 aromatic carbocycles. The first-order chi connectivity index (χ1) is 10.1. The molecule has 5 heteroatoms. The molecule has 0 radical (unpaired) electrons. The van der Waals surface area contributed by atoms with Gasteiger partial charge in [-0.15, -0.1) is 0 Å². The number of aryl methyl sites for hydroxylation is 2. The van der Waals surface area contributed by atoms with E-state index in [4.69, 9.17) is 4.52 Å². The molecule has 0 unspecified atom stereocenters. The topological polar surface area (TPSA) is 55.1 Å². The summed E-state index contributed by atoms with van der Waals surface area (Å²) < 4.78 is 5.04. The van der Waals surface area contributed by atoms with Crippen LogP contribution in [0, 0.1) is 20.8 Å². The van der Waals surface area contributed by atoms with Crippen LogP contribution in [-0.2, 0) is 6.54 Å². The predicted molar refractivity (Wildman–Crippen MR) is 82.4 cm³/mol. The van der Waals surface area contributed by atoms with Crippen LogP contribution in [0.1, 0.15) is 23.0 Å². The van der Waals surface area contributed by atoms with Crippen molar-refractivity contribution in [3.05, 3.63) is 47.2 Å². The van der Waals surface area contributed by atoms with Crippen molar-refractivity contribution in [1.82, 2.24) is 15.1 Å². The van der Waals surface area contributed by atoms with Crippen LogP contribution in [0.2, 0.25) is 0 Å². The molecule has 0 aliphatic carbocycles. The summed E-state index contributed by atoms with van der Waals surface area (Å²) in [6, 6.07) is 8.19. The Morgan fingerprint density at radius 2 is 1.86 bits per heavy atom. The number of rotatable bonds is 3. The molecule has 0 fully saturated rings. The highest BCUT2D eigenvalue weighted by molar-refractivity contribution is 5.93. The van der Waals surface area contributed by atoms with E-state index in [1.165, 1.54) is 11.3 Å². The molecule has 3 rings (SSSR count). The number of hydrogen-bond donors (Lipinski definition) is 0. The second kappa shape index (κ2) is 5.16. The molecule has 0 aliphatic rings. The quantitative estimate of drug-likeness (QED) is 0.738. The normalized spacial score (nSPS) is 11.0. The minimum atomic E-state index is 0.589. The lowest BCUT2D eigenvalue weighted by molar-refractivity contribution is 0.387. The van der Waals surface area contributed by atoms with Gasteiger partial charge < -0.3 is 9.42 Å². The Labute approximate surface area is 123 Å².